The van der Waals surface area contributed by atoms with Crippen molar-refractivity contribution in [1.29, 1.82) is 0 Å². The van der Waals surface area contributed by atoms with Gasteiger partial charge in [0.2, 0.25) is 20.0 Å². The third-order valence-corrected chi connectivity index (χ3v) is 11.2. The standard InChI is InChI=1S/C13H14BrN3O4S2.C13H15N3O4S2.Br2/c1-13(2,3)16-23(20,21)11-6-8(17(18)19)4-5-9(11)10-7-15-12(14)22-10;1-13(2,3)15-22(19,20)12-6-9(16(17)18)4-5-10(12)11-7-14-8-21-11;1-2/h4-7,16H,1-3H3;4-8,15H,1-3H3;. The number of rotatable bonds is 8. The van der Waals surface area contributed by atoms with E-state index in [4.69, 9.17) is 0 Å². The number of aromatic nitrogens is 2. The molecule has 0 aliphatic carbocycles. The van der Waals surface area contributed by atoms with E-state index in [1.807, 2.05) is 0 Å². The van der Waals surface area contributed by atoms with Crippen LogP contribution in [0.25, 0.3) is 20.9 Å². The van der Waals surface area contributed by atoms with Gasteiger partial charge in [0.25, 0.3) is 11.4 Å². The van der Waals surface area contributed by atoms with Crippen LogP contribution in [0.5, 0.6) is 0 Å². The first-order chi connectivity index (χ1) is 21.6. The van der Waals surface area contributed by atoms with Gasteiger partial charge in [-0.25, -0.2) is 31.3 Å². The highest BCUT2D eigenvalue weighted by molar-refractivity contribution is 9.93. The Labute approximate surface area is 303 Å². The maximum Gasteiger partial charge on any atom is 0.270 e. The lowest BCUT2D eigenvalue weighted by Gasteiger charge is -2.21. The molecular formula is C26H29Br3N6O8S4. The Kier molecular flexibility index (Phi) is 14.3. The Morgan fingerprint density at radius 2 is 1.17 bits per heavy atom. The highest BCUT2D eigenvalue weighted by Crippen LogP contribution is 2.36. The minimum absolute atomic E-state index is 0.124. The van der Waals surface area contributed by atoms with Crippen molar-refractivity contribution in [3.8, 4) is 20.9 Å². The number of non-ortho nitro benzene ring substituents is 2. The maximum atomic E-state index is 12.7. The van der Waals surface area contributed by atoms with Gasteiger partial charge in [0.1, 0.15) is 0 Å². The Morgan fingerprint density at radius 1 is 0.745 bits per heavy atom. The van der Waals surface area contributed by atoms with Crippen molar-refractivity contribution in [2.45, 2.75) is 62.4 Å². The molecule has 0 atom stereocenters. The van der Waals surface area contributed by atoms with Crippen molar-refractivity contribution in [2.75, 3.05) is 0 Å². The van der Waals surface area contributed by atoms with Crippen LogP contribution >= 0.6 is 66.9 Å². The molecular weight excluding hydrogens is 892 g/mol. The van der Waals surface area contributed by atoms with E-state index in [2.05, 4.69) is 63.6 Å². The molecule has 14 nitrogen and oxygen atoms in total. The Morgan fingerprint density at radius 3 is 1.49 bits per heavy atom. The van der Waals surface area contributed by atoms with E-state index >= 15 is 0 Å². The quantitative estimate of drug-likeness (QED) is 0.129. The van der Waals surface area contributed by atoms with Crippen LogP contribution in [-0.4, -0.2) is 47.7 Å². The van der Waals surface area contributed by atoms with Gasteiger partial charge in [0, 0.05) is 87.1 Å². The van der Waals surface area contributed by atoms with Crippen LogP contribution in [0.1, 0.15) is 41.5 Å². The van der Waals surface area contributed by atoms with Gasteiger partial charge in [-0.1, -0.05) is 0 Å². The molecule has 0 saturated heterocycles. The minimum Gasteiger partial charge on any atom is -0.258 e. The molecule has 0 saturated carbocycles. The molecule has 2 aromatic heterocycles. The average Bonchev–Trinajstić information content (AvgIpc) is 3.63. The van der Waals surface area contributed by atoms with Crippen molar-refractivity contribution in [3.63, 3.8) is 0 Å². The van der Waals surface area contributed by atoms with Crippen LogP contribution in [0.15, 0.2) is 68.0 Å². The van der Waals surface area contributed by atoms with Gasteiger partial charge < -0.3 is 0 Å². The molecule has 0 spiro atoms. The predicted octanol–water partition coefficient (Wildman–Crippen LogP) is 8.04. The number of sulfonamides is 2. The van der Waals surface area contributed by atoms with Crippen LogP contribution in [0, 0.1) is 20.2 Å². The zero-order valence-electron chi connectivity index (χ0n) is 25.5. The smallest absolute Gasteiger partial charge is 0.258 e. The van der Waals surface area contributed by atoms with Crippen molar-refractivity contribution in [1.82, 2.24) is 19.4 Å². The zero-order chi connectivity index (χ0) is 36.0. The van der Waals surface area contributed by atoms with E-state index in [0.717, 1.165) is 12.1 Å². The van der Waals surface area contributed by atoms with Gasteiger partial charge in [-0.15, -0.1) is 22.7 Å². The topological polar surface area (TPSA) is 204 Å². The summed E-state index contributed by atoms with van der Waals surface area (Å²) in [5.41, 5.74) is 0.364. The number of hydrogen-bond acceptors (Lipinski definition) is 12. The summed E-state index contributed by atoms with van der Waals surface area (Å²) in [6, 6.07) is 7.56. The second-order valence-electron chi connectivity index (χ2n) is 11.4. The van der Waals surface area contributed by atoms with Crippen LogP contribution in [0.4, 0.5) is 11.4 Å². The Bertz CT molecular complexity index is 1940. The van der Waals surface area contributed by atoms with E-state index in [-0.39, 0.29) is 21.2 Å². The SMILES string of the molecule is BrBr.CC(C)(C)NS(=O)(=O)c1cc([N+](=O)[O-])ccc1-c1cnc(Br)s1.CC(C)(C)NS(=O)(=O)c1cc([N+](=O)[O-])ccc1-c1cncs1. The predicted molar refractivity (Wildman–Crippen MR) is 194 cm³/mol. The van der Waals surface area contributed by atoms with Crippen LogP contribution in [-0.2, 0) is 20.0 Å². The first kappa shape index (κ1) is 40.9. The number of nitro groups is 2. The van der Waals surface area contributed by atoms with Crippen LogP contribution in [0.3, 0.4) is 0 Å². The molecule has 4 rings (SSSR count). The summed E-state index contributed by atoms with van der Waals surface area (Å²) < 4.78 is 56.1. The summed E-state index contributed by atoms with van der Waals surface area (Å²) in [5, 5.41) is 21.9. The average molecular weight is 922 g/mol. The van der Waals surface area contributed by atoms with Crippen LogP contribution < -0.4 is 9.44 Å². The Balaban J connectivity index is 0.000000311. The van der Waals surface area contributed by atoms with Gasteiger partial charge in [-0.3, -0.25) is 25.2 Å². The van der Waals surface area contributed by atoms with E-state index < -0.39 is 41.0 Å². The van der Waals surface area contributed by atoms with E-state index in [1.54, 1.807) is 47.1 Å². The van der Waals surface area contributed by atoms with Crippen molar-refractivity contribution >= 4 is 98.3 Å². The molecule has 0 radical (unpaired) electrons. The molecule has 2 N–H and O–H groups in total. The Hall–Kier alpha value is -2.24. The summed E-state index contributed by atoms with van der Waals surface area (Å²) in [6.45, 7) is 10.2. The number of benzene rings is 2. The molecule has 0 fully saturated rings. The number of halogens is 3. The molecule has 256 valence electrons. The molecule has 0 bridgehead atoms. The van der Waals surface area contributed by atoms with Crippen molar-refractivity contribution < 1.29 is 26.7 Å². The minimum atomic E-state index is -3.93. The molecule has 0 aliphatic heterocycles. The molecule has 0 aliphatic rings. The highest BCUT2D eigenvalue weighted by Gasteiger charge is 2.29. The second-order valence-corrected chi connectivity index (χ2v) is 17.9. The maximum absolute atomic E-state index is 12.7. The summed E-state index contributed by atoms with van der Waals surface area (Å²) in [7, 11) is -7.84. The molecule has 0 amide bonds. The van der Waals surface area contributed by atoms with Crippen molar-refractivity contribution in [3.05, 3.63) is 78.4 Å². The lowest BCUT2D eigenvalue weighted by molar-refractivity contribution is -0.385. The third-order valence-electron chi connectivity index (χ3n) is 5.25. The van der Waals surface area contributed by atoms with E-state index in [0.29, 0.717) is 24.8 Å². The largest absolute Gasteiger partial charge is 0.270 e. The highest BCUT2D eigenvalue weighted by atomic mass is 80.9. The number of thiazole rings is 2. The third kappa shape index (κ3) is 12.0. The van der Waals surface area contributed by atoms with Gasteiger partial charge >= 0.3 is 0 Å². The number of hydrogen-bond donors (Lipinski definition) is 2. The normalized spacial score (nSPS) is 11.9. The number of nitrogens with one attached hydrogen (secondary N) is 2. The van der Waals surface area contributed by atoms with Gasteiger partial charge in [-0.2, -0.15) is 0 Å². The first-order valence-electron chi connectivity index (χ1n) is 12.9. The van der Waals surface area contributed by atoms with Crippen LogP contribution in [0.2, 0.25) is 0 Å². The molecule has 47 heavy (non-hydrogen) atoms. The summed E-state index contributed by atoms with van der Waals surface area (Å²) in [4.78, 5) is 29.6. The molecule has 2 heterocycles. The summed E-state index contributed by atoms with van der Waals surface area (Å²) in [6.07, 6.45) is 3.05. The molecule has 4 aromatic rings. The van der Waals surface area contributed by atoms with E-state index in [1.165, 1.54) is 59.3 Å². The van der Waals surface area contributed by atoms with Crippen molar-refractivity contribution in [2.24, 2.45) is 0 Å². The van der Waals surface area contributed by atoms with E-state index in [9.17, 15) is 37.1 Å². The fraction of sp³-hybridized carbons (Fsp3) is 0.308. The summed E-state index contributed by atoms with van der Waals surface area (Å²) in [5.74, 6) is 0. The monoisotopic (exact) mass is 918 g/mol. The molecule has 21 heteroatoms. The summed E-state index contributed by atoms with van der Waals surface area (Å²) >= 11 is 11.2. The first-order valence-corrected chi connectivity index (χ1v) is 22.1. The number of nitrogens with zero attached hydrogens (tertiary/aromatic N) is 4. The lowest BCUT2D eigenvalue weighted by Crippen LogP contribution is -2.40. The van der Waals surface area contributed by atoms with Gasteiger partial charge in [-0.05, 0) is 69.6 Å². The number of nitro benzene ring substituents is 2. The van der Waals surface area contributed by atoms with Gasteiger partial charge in [0.15, 0.2) is 3.92 Å². The molecule has 2 aromatic carbocycles. The zero-order valence-corrected chi connectivity index (χ0v) is 33.5. The molecule has 0 unspecified atom stereocenters. The fourth-order valence-corrected chi connectivity index (χ4v) is 9.16. The lowest BCUT2D eigenvalue weighted by atomic mass is 10.1. The fourth-order valence-electron chi connectivity index (χ4n) is 3.74. The van der Waals surface area contributed by atoms with Gasteiger partial charge in [0.05, 0.1) is 34.9 Å². The second kappa shape index (κ2) is 16.4.